The van der Waals surface area contributed by atoms with Gasteiger partial charge in [-0.05, 0) is 110 Å². The standard InChI is InChI=1S/C51H60BrF2N10O6P/c1-6-30-21-42(58-51-55-25-37(52)48(60-51)57-41-11-10-40-35(8-7-29(2)56-40)47(41)71(4,5)69)44(70-3)24-43(30)61-17-14-32(15-18-61)63-19-20-64(34(27-63)28-65)50(68)31-13-16-62(26-31)33-22-38(53)46(39(54)23-33)36-9-12-45(66)59-49(36)67/h7-8,10-11,21-25,31-32,34,36,65H,6,9,12-20,26-28H2,1-5H3,(H,59,66,67)(H2,55,57,58,60)/t31-,34+,36?/m1/s1. The van der Waals surface area contributed by atoms with Gasteiger partial charge in [0.25, 0.3) is 0 Å². The van der Waals surface area contributed by atoms with Crippen molar-refractivity contribution >= 4 is 91.5 Å². The molecule has 71 heavy (non-hydrogen) atoms. The van der Waals surface area contributed by atoms with Crippen LogP contribution in [0.25, 0.3) is 10.9 Å². The number of amides is 3. The summed E-state index contributed by atoms with van der Waals surface area (Å²) in [5.41, 5.74) is 5.22. The van der Waals surface area contributed by atoms with Crippen LogP contribution in [-0.2, 0) is 25.4 Å². The maximum atomic E-state index is 15.4. The van der Waals surface area contributed by atoms with Crippen molar-refractivity contribution in [1.82, 2.24) is 30.1 Å². The van der Waals surface area contributed by atoms with E-state index < -0.39 is 42.4 Å². The molecule has 1 unspecified atom stereocenters. The van der Waals surface area contributed by atoms with Crippen molar-refractivity contribution in [3.63, 3.8) is 0 Å². The molecule has 0 bridgehead atoms. The molecule has 20 heteroatoms. The predicted octanol–water partition coefficient (Wildman–Crippen LogP) is 7.20. The van der Waals surface area contributed by atoms with Crippen LogP contribution in [0.5, 0.6) is 5.75 Å². The SMILES string of the molecule is CCc1cc(Nc2ncc(Br)c(Nc3ccc4nc(C)ccc4c3P(C)(C)=O)n2)c(OC)cc1N1CCC(N2CCN(C(=O)[C@@H]3CCN(c4cc(F)c(C5CCC(=O)NC5=O)c(F)c4)C3)[C@H](CO)C2)CC1. The number of carbonyl (C=O) groups is 3. The zero-order chi connectivity index (χ0) is 50.3. The van der Waals surface area contributed by atoms with Gasteiger partial charge >= 0.3 is 0 Å². The van der Waals surface area contributed by atoms with Crippen LogP contribution >= 0.6 is 23.1 Å². The molecule has 4 saturated heterocycles. The molecule has 0 saturated carbocycles. The summed E-state index contributed by atoms with van der Waals surface area (Å²) >= 11 is 3.60. The molecule has 3 atom stereocenters. The number of piperazine rings is 1. The smallest absolute Gasteiger partial charge is 0.234 e. The van der Waals surface area contributed by atoms with Gasteiger partial charge in [-0.2, -0.15) is 4.98 Å². The molecule has 9 rings (SSSR count). The minimum atomic E-state index is -2.76. The Kier molecular flexibility index (Phi) is 14.7. The Balaban J connectivity index is 0.817. The molecule has 5 aromatic rings. The molecular weight excluding hydrogens is 997 g/mol. The number of hydrogen-bond acceptors (Lipinski definition) is 14. The maximum absolute atomic E-state index is 15.4. The highest BCUT2D eigenvalue weighted by molar-refractivity contribution is 9.10. The van der Waals surface area contributed by atoms with E-state index in [-0.39, 0.29) is 49.5 Å². The van der Waals surface area contributed by atoms with Crippen molar-refractivity contribution in [3.8, 4) is 5.75 Å². The minimum Gasteiger partial charge on any atom is -0.494 e. The molecule has 4 aliphatic heterocycles. The third kappa shape index (κ3) is 10.5. The van der Waals surface area contributed by atoms with Crippen LogP contribution in [0.15, 0.2) is 59.2 Å². The minimum absolute atomic E-state index is 0.00717. The lowest BCUT2D eigenvalue weighted by molar-refractivity contribution is -0.142. The van der Waals surface area contributed by atoms with Gasteiger partial charge in [0, 0.05) is 104 Å². The third-order valence-corrected chi connectivity index (χ3v) is 16.6. The largest absolute Gasteiger partial charge is 0.494 e. The van der Waals surface area contributed by atoms with Crippen molar-refractivity contribution in [2.24, 2.45) is 5.92 Å². The summed E-state index contributed by atoms with van der Waals surface area (Å²) in [4.78, 5) is 60.4. The van der Waals surface area contributed by atoms with Crippen molar-refractivity contribution in [2.75, 3.05) is 93.3 Å². The molecule has 4 N–H and O–H groups in total. The van der Waals surface area contributed by atoms with Crippen LogP contribution in [0.3, 0.4) is 0 Å². The van der Waals surface area contributed by atoms with E-state index in [1.807, 2.05) is 31.2 Å². The van der Waals surface area contributed by atoms with Crippen molar-refractivity contribution in [2.45, 2.75) is 70.4 Å². The summed E-state index contributed by atoms with van der Waals surface area (Å²) in [6.45, 7) is 11.4. The average Bonchev–Trinajstić information content (AvgIpc) is 3.85. The number of aromatic nitrogens is 3. The Morgan fingerprint density at radius 2 is 1.68 bits per heavy atom. The van der Waals surface area contributed by atoms with E-state index in [1.54, 1.807) is 36.4 Å². The average molecular weight is 1060 g/mol. The van der Waals surface area contributed by atoms with Crippen LogP contribution in [0.4, 0.5) is 43.3 Å². The molecule has 3 amide bonds. The predicted molar refractivity (Wildman–Crippen MR) is 275 cm³/mol. The van der Waals surface area contributed by atoms with Gasteiger partial charge in [-0.15, -0.1) is 0 Å². The number of fused-ring (bicyclic) bond motifs is 1. The fourth-order valence-corrected chi connectivity index (χ4v) is 12.6. The van der Waals surface area contributed by atoms with Crippen LogP contribution < -0.4 is 35.8 Å². The number of rotatable bonds is 13. The normalized spacial score (nSPS) is 20.4. The summed E-state index contributed by atoms with van der Waals surface area (Å²) in [6.07, 6.45) is 4.77. The lowest BCUT2D eigenvalue weighted by Crippen LogP contribution is -2.61. The highest BCUT2D eigenvalue weighted by Gasteiger charge is 2.40. The van der Waals surface area contributed by atoms with Crippen LogP contribution in [0.1, 0.15) is 61.8 Å². The lowest BCUT2D eigenvalue weighted by atomic mass is 9.89. The van der Waals surface area contributed by atoms with Crippen LogP contribution in [-0.4, -0.2) is 133 Å². The summed E-state index contributed by atoms with van der Waals surface area (Å²) in [6, 6.07) is 14.1. The second kappa shape index (κ2) is 20.8. The van der Waals surface area contributed by atoms with Gasteiger partial charge in [0.05, 0.1) is 53.0 Å². The topological polar surface area (TPSA) is 185 Å². The third-order valence-electron chi connectivity index (χ3n) is 14.4. The molecule has 0 aliphatic carbocycles. The fourth-order valence-electron chi connectivity index (χ4n) is 10.8. The maximum Gasteiger partial charge on any atom is 0.234 e. The number of benzene rings is 3. The Morgan fingerprint density at radius 1 is 0.930 bits per heavy atom. The van der Waals surface area contributed by atoms with Gasteiger partial charge in [0.15, 0.2) is 0 Å². The van der Waals surface area contributed by atoms with E-state index in [1.165, 1.54) is 12.1 Å². The number of imide groups is 1. The van der Waals surface area contributed by atoms with Gasteiger partial charge in [-0.3, -0.25) is 29.6 Å². The van der Waals surface area contributed by atoms with E-state index >= 15 is 8.78 Å². The van der Waals surface area contributed by atoms with Gasteiger partial charge in [-0.1, -0.05) is 13.0 Å². The number of anilines is 6. The molecule has 2 aromatic heterocycles. The number of aryl methyl sites for hydroxylation is 2. The number of aliphatic hydroxyl groups excluding tert-OH is 1. The molecule has 16 nitrogen and oxygen atoms in total. The van der Waals surface area contributed by atoms with E-state index in [0.717, 1.165) is 60.2 Å². The number of carbonyl (C=O) groups excluding carboxylic acids is 3. The Labute approximate surface area is 420 Å². The van der Waals surface area contributed by atoms with Crippen molar-refractivity contribution in [1.29, 1.82) is 0 Å². The van der Waals surface area contributed by atoms with Gasteiger partial charge < -0.3 is 39.7 Å². The Hall–Kier alpha value is -5.75. The number of piperidine rings is 2. The quantitative estimate of drug-likeness (QED) is 0.0686. The highest BCUT2D eigenvalue weighted by Crippen LogP contribution is 2.43. The first-order chi connectivity index (χ1) is 34.0. The summed E-state index contributed by atoms with van der Waals surface area (Å²) in [5.74, 6) is -2.96. The second-order valence-corrected chi connectivity index (χ2v) is 23.3. The van der Waals surface area contributed by atoms with E-state index in [4.69, 9.17) is 9.72 Å². The van der Waals surface area contributed by atoms with E-state index in [9.17, 15) is 24.1 Å². The molecule has 376 valence electrons. The lowest BCUT2D eigenvalue weighted by Gasteiger charge is -2.47. The number of pyridine rings is 1. The molecule has 4 fully saturated rings. The number of aliphatic hydroxyl groups is 1. The fraction of sp³-hybridized carbons (Fsp3) is 0.451. The first-order valence-electron chi connectivity index (χ1n) is 24.2. The second-order valence-electron chi connectivity index (χ2n) is 19.3. The first-order valence-corrected chi connectivity index (χ1v) is 27.6. The molecule has 3 aromatic carbocycles. The molecule has 4 aliphatic rings. The Bertz CT molecular complexity index is 2910. The van der Waals surface area contributed by atoms with E-state index in [2.05, 4.69) is 70.7 Å². The molecule has 0 radical (unpaired) electrons. The van der Waals surface area contributed by atoms with Gasteiger partial charge in [0.1, 0.15) is 30.3 Å². The Morgan fingerprint density at radius 3 is 2.37 bits per heavy atom. The number of nitrogens with one attached hydrogen (secondary N) is 3. The number of nitrogens with zero attached hydrogens (tertiary/aromatic N) is 7. The number of hydrogen-bond donors (Lipinski definition) is 4. The van der Waals surface area contributed by atoms with Crippen LogP contribution in [0.2, 0.25) is 0 Å². The summed E-state index contributed by atoms with van der Waals surface area (Å²) in [7, 11) is -1.12. The zero-order valence-corrected chi connectivity index (χ0v) is 43.1. The zero-order valence-electron chi connectivity index (χ0n) is 40.6. The van der Waals surface area contributed by atoms with E-state index in [0.29, 0.717) is 77.0 Å². The van der Waals surface area contributed by atoms with Crippen molar-refractivity contribution in [3.05, 3.63) is 87.7 Å². The molecule has 6 heterocycles. The number of ether oxygens (including phenoxy) is 1. The summed E-state index contributed by atoms with van der Waals surface area (Å²) < 4.78 is 51.0. The van der Waals surface area contributed by atoms with Crippen LogP contribution in [0, 0.1) is 24.5 Å². The number of methoxy groups -OCH3 is 1. The first kappa shape index (κ1) is 50.2. The highest BCUT2D eigenvalue weighted by atomic mass is 79.9. The number of halogens is 3. The molecule has 0 spiro atoms. The summed E-state index contributed by atoms with van der Waals surface area (Å²) in [5, 5.41) is 21.1. The molecular formula is C51H60BrF2N10O6P. The monoisotopic (exact) mass is 1060 g/mol. The van der Waals surface area contributed by atoms with Gasteiger partial charge in [-0.25, -0.2) is 13.8 Å². The van der Waals surface area contributed by atoms with Gasteiger partial charge in [0.2, 0.25) is 23.7 Å². The van der Waals surface area contributed by atoms with Crippen molar-refractivity contribution < 1.29 is 37.6 Å².